The van der Waals surface area contributed by atoms with Crippen molar-refractivity contribution in [3.8, 4) is 0 Å². The molecule has 1 rings (SSSR count). The zero-order valence-electron chi connectivity index (χ0n) is 9.37. The summed E-state index contributed by atoms with van der Waals surface area (Å²) in [4.78, 5) is 15.8. The average molecular weight is 287 g/mol. The molecule has 0 aliphatic rings. The van der Waals surface area contributed by atoms with Crippen LogP contribution in [0.4, 0.5) is 0 Å². The number of nitrogens with zero attached hydrogens (tertiary/aromatic N) is 1. The number of pyridine rings is 1. The van der Waals surface area contributed by atoms with E-state index >= 15 is 0 Å². The molecule has 1 amide bonds. The van der Waals surface area contributed by atoms with Gasteiger partial charge in [0.1, 0.15) is 0 Å². The van der Waals surface area contributed by atoms with Crippen LogP contribution in [0.2, 0.25) is 0 Å². The molecule has 0 spiro atoms. The maximum absolute atomic E-state index is 11.8. The van der Waals surface area contributed by atoms with Crippen LogP contribution in [0.3, 0.4) is 0 Å². The molecule has 1 heterocycles. The highest BCUT2D eigenvalue weighted by Crippen LogP contribution is 2.09. The third-order valence-corrected chi connectivity index (χ3v) is 2.60. The van der Waals surface area contributed by atoms with E-state index in [0.717, 1.165) is 10.9 Å². The molecule has 0 aliphatic carbocycles. The largest absolute Gasteiger partial charge is 0.383 e. The van der Waals surface area contributed by atoms with Gasteiger partial charge in [0, 0.05) is 24.0 Å². The molecular formula is C11H15BrN2O2. The van der Waals surface area contributed by atoms with Gasteiger partial charge < -0.3 is 10.1 Å². The molecule has 1 aromatic rings. The molecule has 0 unspecified atom stereocenters. The summed E-state index contributed by atoms with van der Waals surface area (Å²) >= 11 is 3.28. The fourth-order valence-electron chi connectivity index (χ4n) is 1.27. The fraction of sp³-hybridized carbons (Fsp3) is 0.455. The van der Waals surface area contributed by atoms with E-state index < -0.39 is 0 Å². The quantitative estimate of drug-likeness (QED) is 0.901. The molecule has 0 aliphatic heterocycles. The molecule has 0 aromatic carbocycles. The van der Waals surface area contributed by atoms with Gasteiger partial charge in [0.15, 0.2) is 0 Å². The van der Waals surface area contributed by atoms with Crippen LogP contribution in [0.25, 0.3) is 0 Å². The molecule has 0 saturated carbocycles. The van der Waals surface area contributed by atoms with Crippen LogP contribution >= 0.6 is 15.9 Å². The first-order chi connectivity index (χ1) is 7.67. The number of rotatable bonds is 5. The highest BCUT2D eigenvalue weighted by atomic mass is 79.9. The maximum Gasteiger partial charge on any atom is 0.253 e. The Bertz CT molecular complexity index is 358. The Kier molecular flexibility index (Phi) is 5.42. The number of carbonyl (C=O) groups is 1. The molecule has 4 nitrogen and oxygen atoms in total. The SMILES string of the molecule is CC[C@H](COC)NC(=O)c1cncc(Br)c1. The molecule has 5 heteroatoms. The lowest BCUT2D eigenvalue weighted by Gasteiger charge is -2.15. The summed E-state index contributed by atoms with van der Waals surface area (Å²) in [5.74, 6) is -0.127. The van der Waals surface area contributed by atoms with Gasteiger partial charge in [-0.05, 0) is 28.4 Å². The summed E-state index contributed by atoms with van der Waals surface area (Å²) < 4.78 is 5.81. The van der Waals surface area contributed by atoms with E-state index in [-0.39, 0.29) is 11.9 Å². The second kappa shape index (κ2) is 6.60. The van der Waals surface area contributed by atoms with Crippen molar-refractivity contribution in [2.45, 2.75) is 19.4 Å². The molecule has 1 atom stereocenters. The van der Waals surface area contributed by atoms with Crippen LogP contribution in [0, 0.1) is 0 Å². The van der Waals surface area contributed by atoms with E-state index in [4.69, 9.17) is 4.74 Å². The van der Waals surface area contributed by atoms with Gasteiger partial charge in [-0.25, -0.2) is 0 Å². The van der Waals surface area contributed by atoms with Crippen LogP contribution in [0.15, 0.2) is 22.9 Å². The van der Waals surface area contributed by atoms with Gasteiger partial charge in [-0.1, -0.05) is 6.92 Å². The van der Waals surface area contributed by atoms with E-state index in [9.17, 15) is 4.79 Å². The van der Waals surface area contributed by atoms with E-state index in [1.165, 1.54) is 0 Å². The normalized spacial score (nSPS) is 12.2. The predicted octanol–water partition coefficient (Wildman–Crippen LogP) is 2.00. The lowest BCUT2D eigenvalue weighted by atomic mass is 10.2. The number of amides is 1. The molecule has 16 heavy (non-hydrogen) atoms. The molecule has 88 valence electrons. The summed E-state index contributed by atoms with van der Waals surface area (Å²) in [6, 6.07) is 1.78. The topological polar surface area (TPSA) is 51.2 Å². The number of aromatic nitrogens is 1. The highest BCUT2D eigenvalue weighted by molar-refractivity contribution is 9.10. The predicted molar refractivity (Wildman–Crippen MR) is 65.4 cm³/mol. The number of methoxy groups -OCH3 is 1. The lowest BCUT2D eigenvalue weighted by Crippen LogP contribution is -2.37. The van der Waals surface area contributed by atoms with Gasteiger partial charge in [-0.15, -0.1) is 0 Å². The summed E-state index contributed by atoms with van der Waals surface area (Å²) in [6.45, 7) is 2.52. The van der Waals surface area contributed by atoms with E-state index in [1.54, 1.807) is 25.6 Å². The Balaban J connectivity index is 2.64. The van der Waals surface area contributed by atoms with E-state index in [1.807, 2.05) is 6.92 Å². The monoisotopic (exact) mass is 286 g/mol. The smallest absolute Gasteiger partial charge is 0.253 e. The standard InChI is InChI=1S/C11H15BrN2O2/c1-3-10(7-16-2)14-11(15)8-4-9(12)6-13-5-8/h4-6,10H,3,7H2,1-2H3,(H,14,15)/t10-/m1/s1. The second-order valence-corrected chi connectivity index (χ2v) is 4.34. The zero-order chi connectivity index (χ0) is 12.0. The first-order valence-electron chi connectivity index (χ1n) is 5.07. The molecule has 0 saturated heterocycles. The van der Waals surface area contributed by atoms with Gasteiger partial charge in [0.2, 0.25) is 0 Å². The molecular weight excluding hydrogens is 272 g/mol. The number of carbonyl (C=O) groups excluding carboxylic acids is 1. The maximum atomic E-state index is 11.8. The number of hydrogen-bond donors (Lipinski definition) is 1. The molecule has 0 radical (unpaired) electrons. The number of ether oxygens (including phenoxy) is 1. The minimum Gasteiger partial charge on any atom is -0.383 e. The van der Waals surface area contributed by atoms with Crippen LogP contribution < -0.4 is 5.32 Å². The van der Waals surface area contributed by atoms with Crippen LogP contribution in [-0.2, 0) is 4.74 Å². The van der Waals surface area contributed by atoms with Crippen molar-refractivity contribution in [2.24, 2.45) is 0 Å². The second-order valence-electron chi connectivity index (χ2n) is 3.43. The minimum absolute atomic E-state index is 0.0384. The molecule has 0 fully saturated rings. The minimum atomic E-state index is -0.127. The first kappa shape index (κ1) is 13.1. The van der Waals surface area contributed by atoms with Crippen LogP contribution in [0.1, 0.15) is 23.7 Å². The van der Waals surface area contributed by atoms with Crippen molar-refractivity contribution in [1.82, 2.24) is 10.3 Å². The van der Waals surface area contributed by atoms with Crippen molar-refractivity contribution in [3.63, 3.8) is 0 Å². The summed E-state index contributed by atoms with van der Waals surface area (Å²) in [5.41, 5.74) is 0.545. The van der Waals surface area contributed by atoms with Crippen molar-refractivity contribution in [2.75, 3.05) is 13.7 Å². The average Bonchev–Trinajstić information content (AvgIpc) is 2.28. The molecule has 0 bridgehead atoms. The Morgan fingerprint density at radius 3 is 2.94 bits per heavy atom. The lowest BCUT2D eigenvalue weighted by molar-refractivity contribution is 0.0894. The number of halogens is 1. The third kappa shape index (κ3) is 3.90. The van der Waals surface area contributed by atoms with E-state index in [2.05, 4.69) is 26.2 Å². The number of hydrogen-bond acceptors (Lipinski definition) is 3. The highest BCUT2D eigenvalue weighted by Gasteiger charge is 2.12. The molecule has 1 N–H and O–H groups in total. The van der Waals surface area contributed by atoms with Crippen molar-refractivity contribution >= 4 is 21.8 Å². The Hall–Kier alpha value is -0.940. The van der Waals surface area contributed by atoms with Crippen LogP contribution in [-0.4, -0.2) is 30.6 Å². The van der Waals surface area contributed by atoms with Crippen molar-refractivity contribution in [1.29, 1.82) is 0 Å². The third-order valence-electron chi connectivity index (χ3n) is 2.16. The first-order valence-corrected chi connectivity index (χ1v) is 5.87. The summed E-state index contributed by atoms with van der Waals surface area (Å²) in [5, 5.41) is 2.89. The fourth-order valence-corrected chi connectivity index (χ4v) is 1.63. The van der Waals surface area contributed by atoms with Gasteiger partial charge in [-0.3, -0.25) is 9.78 Å². The van der Waals surface area contributed by atoms with E-state index in [0.29, 0.717) is 12.2 Å². The Labute approximate surface area is 104 Å². The Morgan fingerprint density at radius 1 is 1.62 bits per heavy atom. The summed E-state index contributed by atoms with van der Waals surface area (Å²) in [6.07, 6.45) is 4.02. The van der Waals surface area contributed by atoms with Gasteiger partial charge >= 0.3 is 0 Å². The van der Waals surface area contributed by atoms with Crippen LogP contribution in [0.5, 0.6) is 0 Å². The Morgan fingerprint density at radius 2 is 2.38 bits per heavy atom. The van der Waals surface area contributed by atoms with Gasteiger partial charge in [-0.2, -0.15) is 0 Å². The number of nitrogens with one attached hydrogen (secondary N) is 1. The zero-order valence-corrected chi connectivity index (χ0v) is 11.0. The van der Waals surface area contributed by atoms with Gasteiger partial charge in [0.05, 0.1) is 18.2 Å². The van der Waals surface area contributed by atoms with Crippen molar-refractivity contribution in [3.05, 3.63) is 28.5 Å². The summed E-state index contributed by atoms with van der Waals surface area (Å²) in [7, 11) is 1.62. The molecule has 1 aromatic heterocycles. The van der Waals surface area contributed by atoms with Crippen molar-refractivity contribution < 1.29 is 9.53 Å². The van der Waals surface area contributed by atoms with Gasteiger partial charge in [0.25, 0.3) is 5.91 Å².